The van der Waals surface area contributed by atoms with E-state index in [-0.39, 0.29) is 18.4 Å². The Hall–Kier alpha value is -2.37. The largest absolute Gasteiger partial charge is 0.496 e. The van der Waals surface area contributed by atoms with Crippen LogP contribution in [0, 0.1) is 0 Å². The van der Waals surface area contributed by atoms with Gasteiger partial charge in [0.15, 0.2) is 0 Å². The van der Waals surface area contributed by atoms with Crippen molar-refractivity contribution >= 4 is 18.0 Å². The zero-order valence-electron chi connectivity index (χ0n) is 13.4. The third-order valence-electron chi connectivity index (χ3n) is 3.82. The highest BCUT2D eigenvalue weighted by Crippen LogP contribution is 2.17. The van der Waals surface area contributed by atoms with E-state index in [1.54, 1.807) is 13.2 Å². The molecule has 0 aliphatic heterocycles. The highest BCUT2D eigenvalue weighted by Gasteiger charge is 2.17. The molecule has 1 saturated carbocycles. The lowest BCUT2D eigenvalue weighted by Gasteiger charge is -2.22. The van der Waals surface area contributed by atoms with Crippen molar-refractivity contribution in [1.82, 2.24) is 10.7 Å². The summed E-state index contributed by atoms with van der Waals surface area (Å²) >= 11 is 0. The van der Waals surface area contributed by atoms with E-state index >= 15 is 0 Å². The number of hydrogen-bond acceptors (Lipinski definition) is 4. The Morgan fingerprint density at radius 3 is 2.70 bits per heavy atom. The Balaban J connectivity index is 1.75. The first kappa shape index (κ1) is 17.0. The van der Waals surface area contributed by atoms with E-state index in [2.05, 4.69) is 15.8 Å². The van der Waals surface area contributed by atoms with E-state index in [0.29, 0.717) is 5.75 Å². The lowest BCUT2D eigenvalue weighted by Crippen LogP contribution is -2.38. The lowest BCUT2D eigenvalue weighted by molar-refractivity contribution is -0.129. The van der Waals surface area contributed by atoms with Crippen LogP contribution in [-0.4, -0.2) is 31.2 Å². The Labute approximate surface area is 136 Å². The number of hydrazone groups is 1. The summed E-state index contributed by atoms with van der Waals surface area (Å²) in [5, 5.41) is 6.77. The minimum Gasteiger partial charge on any atom is -0.496 e. The second-order valence-electron chi connectivity index (χ2n) is 5.61. The fraction of sp³-hybridized carbons (Fsp3) is 0.471. The van der Waals surface area contributed by atoms with Crippen molar-refractivity contribution in [3.8, 4) is 5.75 Å². The van der Waals surface area contributed by atoms with Gasteiger partial charge >= 0.3 is 0 Å². The molecule has 0 heterocycles. The molecule has 0 radical (unpaired) electrons. The number of para-hydroxylation sites is 1. The van der Waals surface area contributed by atoms with Crippen molar-refractivity contribution in [2.45, 2.75) is 44.6 Å². The van der Waals surface area contributed by atoms with Crippen LogP contribution in [0.15, 0.2) is 29.4 Å². The number of benzene rings is 1. The van der Waals surface area contributed by atoms with Gasteiger partial charge in [0.25, 0.3) is 0 Å². The molecule has 2 amide bonds. The molecular formula is C17H23N3O3. The molecule has 1 aromatic rings. The van der Waals surface area contributed by atoms with Crippen LogP contribution < -0.4 is 15.5 Å². The number of rotatable bonds is 6. The van der Waals surface area contributed by atoms with Gasteiger partial charge in [-0.25, -0.2) is 5.43 Å². The molecule has 23 heavy (non-hydrogen) atoms. The second-order valence-corrected chi connectivity index (χ2v) is 5.61. The summed E-state index contributed by atoms with van der Waals surface area (Å²) in [5.74, 6) is -0.00751. The summed E-state index contributed by atoms with van der Waals surface area (Å²) in [5.41, 5.74) is 3.12. The van der Waals surface area contributed by atoms with Crippen LogP contribution in [0.4, 0.5) is 0 Å². The van der Waals surface area contributed by atoms with E-state index < -0.39 is 5.91 Å². The molecular weight excluding hydrogens is 294 g/mol. The van der Waals surface area contributed by atoms with Crippen molar-refractivity contribution in [1.29, 1.82) is 0 Å². The lowest BCUT2D eigenvalue weighted by atomic mass is 9.95. The molecule has 0 saturated heterocycles. The number of nitrogens with zero attached hydrogens (tertiary/aromatic N) is 1. The number of methoxy groups -OCH3 is 1. The molecule has 2 rings (SSSR count). The third-order valence-corrected chi connectivity index (χ3v) is 3.82. The highest BCUT2D eigenvalue weighted by atomic mass is 16.5. The Bertz CT molecular complexity index is 566. The predicted molar refractivity (Wildman–Crippen MR) is 88.4 cm³/mol. The Kier molecular flexibility index (Phi) is 6.59. The smallest absolute Gasteiger partial charge is 0.249 e. The molecule has 0 aromatic heterocycles. The SMILES string of the molecule is COc1ccccc1/C=N/NC(=O)CC(=O)NC1CCCCC1. The topological polar surface area (TPSA) is 79.8 Å². The van der Waals surface area contributed by atoms with E-state index in [4.69, 9.17) is 4.74 Å². The molecule has 124 valence electrons. The zero-order chi connectivity index (χ0) is 16.5. The van der Waals surface area contributed by atoms with E-state index in [1.165, 1.54) is 12.6 Å². The number of carbonyl (C=O) groups excluding carboxylic acids is 2. The van der Waals surface area contributed by atoms with Crippen LogP contribution in [0.2, 0.25) is 0 Å². The van der Waals surface area contributed by atoms with Crippen LogP contribution in [0.25, 0.3) is 0 Å². The monoisotopic (exact) mass is 317 g/mol. The zero-order valence-corrected chi connectivity index (χ0v) is 13.4. The van der Waals surface area contributed by atoms with Crippen molar-refractivity contribution in [3.05, 3.63) is 29.8 Å². The van der Waals surface area contributed by atoms with Gasteiger partial charge in [-0.1, -0.05) is 31.4 Å². The van der Waals surface area contributed by atoms with E-state index in [9.17, 15) is 9.59 Å². The number of amides is 2. The molecule has 0 spiro atoms. The number of hydrogen-bond donors (Lipinski definition) is 2. The van der Waals surface area contributed by atoms with E-state index in [0.717, 1.165) is 31.2 Å². The molecule has 0 unspecified atom stereocenters. The average molecular weight is 317 g/mol. The van der Waals surface area contributed by atoms with Gasteiger partial charge in [-0.2, -0.15) is 5.10 Å². The first-order chi connectivity index (χ1) is 11.2. The number of carbonyl (C=O) groups is 2. The molecule has 6 heteroatoms. The van der Waals surface area contributed by atoms with Gasteiger partial charge in [0.2, 0.25) is 11.8 Å². The van der Waals surface area contributed by atoms with Gasteiger partial charge < -0.3 is 10.1 Å². The average Bonchev–Trinajstić information content (AvgIpc) is 2.56. The van der Waals surface area contributed by atoms with Gasteiger partial charge in [-0.05, 0) is 25.0 Å². The van der Waals surface area contributed by atoms with Gasteiger partial charge in [0, 0.05) is 11.6 Å². The first-order valence-corrected chi connectivity index (χ1v) is 7.93. The molecule has 1 aromatic carbocycles. The maximum absolute atomic E-state index is 11.8. The summed E-state index contributed by atoms with van der Waals surface area (Å²) in [6.45, 7) is 0. The standard InChI is InChI=1S/C17H23N3O3/c1-23-15-10-6-5-7-13(15)12-18-20-17(22)11-16(21)19-14-8-3-2-4-9-14/h5-7,10,12,14H,2-4,8-9,11H2,1H3,(H,19,21)(H,20,22)/b18-12+. The normalized spacial score (nSPS) is 15.3. The van der Waals surface area contributed by atoms with Crippen LogP contribution in [-0.2, 0) is 9.59 Å². The summed E-state index contributed by atoms with van der Waals surface area (Å²) in [6, 6.07) is 7.54. The van der Waals surface area contributed by atoms with Gasteiger partial charge in [0.1, 0.15) is 12.2 Å². The predicted octanol–water partition coefficient (Wildman–Crippen LogP) is 1.98. The van der Waals surface area contributed by atoms with Crippen molar-refractivity contribution in [2.24, 2.45) is 5.10 Å². The summed E-state index contributed by atoms with van der Waals surface area (Å²) < 4.78 is 5.18. The van der Waals surface area contributed by atoms with Crippen molar-refractivity contribution in [3.63, 3.8) is 0 Å². The minimum atomic E-state index is -0.426. The maximum Gasteiger partial charge on any atom is 0.249 e. The van der Waals surface area contributed by atoms with Crippen LogP contribution >= 0.6 is 0 Å². The molecule has 1 fully saturated rings. The number of nitrogens with one attached hydrogen (secondary N) is 2. The molecule has 6 nitrogen and oxygen atoms in total. The molecule has 2 N–H and O–H groups in total. The Morgan fingerprint density at radius 2 is 1.96 bits per heavy atom. The van der Waals surface area contributed by atoms with Gasteiger partial charge in [-0.3, -0.25) is 9.59 Å². The maximum atomic E-state index is 11.8. The van der Waals surface area contributed by atoms with Crippen LogP contribution in [0.5, 0.6) is 5.75 Å². The molecule has 0 bridgehead atoms. The summed E-state index contributed by atoms with van der Waals surface area (Å²) in [7, 11) is 1.57. The van der Waals surface area contributed by atoms with E-state index in [1.807, 2.05) is 18.2 Å². The molecule has 0 atom stereocenters. The molecule has 1 aliphatic carbocycles. The fourth-order valence-electron chi connectivity index (χ4n) is 2.66. The van der Waals surface area contributed by atoms with Crippen LogP contribution in [0.3, 0.4) is 0 Å². The summed E-state index contributed by atoms with van der Waals surface area (Å²) in [6.07, 6.45) is 6.79. The third kappa shape index (κ3) is 5.73. The molecule has 1 aliphatic rings. The minimum absolute atomic E-state index is 0.209. The van der Waals surface area contributed by atoms with Crippen molar-refractivity contribution < 1.29 is 14.3 Å². The van der Waals surface area contributed by atoms with Gasteiger partial charge in [0.05, 0.1) is 13.3 Å². The van der Waals surface area contributed by atoms with Gasteiger partial charge in [-0.15, -0.1) is 0 Å². The first-order valence-electron chi connectivity index (χ1n) is 7.93. The summed E-state index contributed by atoms with van der Waals surface area (Å²) in [4.78, 5) is 23.5. The Morgan fingerprint density at radius 1 is 1.22 bits per heavy atom. The highest BCUT2D eigenvalue weighted by molar-refractivity contribution is 5.97. The van der Waals surface area contributed by atoms with Crippen LogP contribution in [0.1, 0.15) is 44.1 Å². The second kappa shape index (κ2) is 8.92. The fourth-order valence-corrected chi connectivity index (χ4v) is 2.66. The quantitative estimate of drug-likeness (QED) is 0.478. The number of ether oxygens (including phenoxy) is 1. The van der Waals surface area contributed by atoms with Crippen molar-refractivity contribution in [2.75, 3.05) is 7.11 Å².